The van der Waals surface area contributed by atoms with E-state index >= 15 is 0 Å². The number of ketones is 1. The zero-order valence-electron chi connectivity index (χ0n) is 9.73. The smallest absolute Gasteiger partial charge is 0.189 e. The Morgan fingerprint density at radius 1 is 1.19 bits per heavy atom. The molecule has 1 nitrogen and oxygen atoms in total. The van der Waals surface area contributed by atoms with Gasteiger partial charge in [-0.15, -0.1) is 0 Å². The fourth-order valence-electron chi connectivity index (χ4n) is 1.96. The van der Waals surface area contributed by atoms with E-state index in [0.29, 0.717) is 0 Å². The summed E-state index contributed by atoms with van der Waals surface area (Å²) < 4.78 is 0. The largest absolute Gasteiger partial charge is 0.289 e. The summed E-state index contributed by atoms with van der Waals surface area (Å²) in [5, 5.41) is 0. The molecule has 0 aromatic heterocycles. The zero-order chi connectivity index (χ0) is 11.6. The second-order valence-electron chi connectivity index (χ2n) is 4.91. The lowest BCUT2D eigenvalue weighted by molar-refractivity contribution is 0.102. The topological polar surface area (TPSA) is 17.1 Å². The average Bonchev–Trinajstić information content (AvgIpc) is 2.28. The van der Waals surface area contributed by atoms with Crippen molar-refractivity contribution < 1.29 is 4.79 Å². The zero-order valence-corrected chi connectivity index (χ0v) is 9.73. The monoisotopic (exact) mass is 212 g/mol. The van der Waals surface area contributed by atoms with E-state index in [1.807, 2.05) is 42.5 Å². The molecule has 1 heteroatoms. The van der Waals surface area contributed by atoms with Gasteiger partial charge in [-0.3, -0.25) is 4.79 Å². The molecule has 0 unspecified atom stereocenters. The number of Topliss-reactive ketones (excluding diaryl/α,β-unsaturated/α-hetero) is 1. The van der Waals surface area contributed by atoms with Crippen LogP contribution in [0.2, 0.25) is 0 Å². The Morgan fingerprint density at radius 3 is 2.50 bits per heavy atom. The number of carbonyl (C=O) groups is 1. The van der Waals surface area contributed by atoms with Crippen LogP contribution in [0.3, 0.4) is 0 Å². The number of allylic oxidation sites excluding steroid dienone is 4. The summed E-state index contributed by atoms with van der Waals surface area (Å²) in [6.07, 6.45) is 6.88. The molecule has 0 heterocycles. The minimum atomic E-state index is 0.0918. The Morgan fingerprint density at radius 2 is 1.88 bits per heavy atom. The minimum absolute atomic E-state index is 0.0918. The van der Waals surface area contributed by atoms with Crippen LogP contribution in [0.1, 0.15) is 30.6 Å². The fraction of sp³-hybridized carbons (Fsp3) is 0.267. The Hall–Kier alpha value is -1.63. The predicted molar refractivity (Wildman–Crippen MR) is 66.4 cm³/mol. The molecule has 1 aromatic carbocycles. The first kappa shape index (κ1) is 10.9. The molecule has 0 N–H and O–H groups in total. The van der Waals surface area contributed by atoms with E-state index in [9.17, 15) is 4.79 Å². The maximum absolute atomic E-state index is 12.2. The lowest BCUT2D eigenvalue weighted by Crippen LogP contribution is -2.16. The highest BCUT2D eigenvalue weighted by atomic mass is 16.1. The summed E-state index contributed by atoms with van der Waals surface area (Å²) in [7, 11) is 0. The summed E-state index contributed by atoms with van der Waals surface area (Å²) in [5.74, 6) is 0.151. The van der Waals surface area contributed by atoms with E-state index in [4.69, 9.17) is 0 Å². The van der Waals surface area contributed by atoms with Gasteiger partial charge >= 0.3 is 0 Å². The normalized spacial score (nSPS) is 18.0. The number of benzene rings is 1. The molecule has 1 aromatic rings. The van der Waals surface area contributed by atoms with Gasteiger partial charge in [0, 0.05) is 11.1 Å². The third-order valence-corrected chi connectivity index (χ3v) is 2.82. The molecule has 0 radical (unpaired) electrons. The Bertz CT molecular complexity index is 450. The van der Waals surface area contributed by atoms with Crippen molar-refractivity contribution in [1.29, 1.82) is 0 Å². The highest BCUT2D eigenvalue weighted by Gasteiger charge is 2.23. The maximum Gasteiger partial charge on any atom is 0.189 e. The summed E-state index contributed by atoms with van der Waals surface area (Å²) in [6, 6.07) is 9.47. The van der Waals surface area contributed by atoms with Gasteiger partial charge < -0.3 is 0 Å². The van der Waals surface area contributed by atoms with Crippen LogP contribution in [0.15, 0.2) is 54.1 Å². The third-order valence-electron chi connectivity index (χ3n) is 2.82. The Labute approximate surface area is 96.5 Å². The second kappa shape index (κ2) is 4.09. The lowest BCUT2D eigenvalue weighted by atomic mass is 9.80. The van der Waals surface area contributed by atoms with Crippen molar-refractivity contribution in [3.8, 4) is 0 Å². The van der Waals surface area contributed by atoms with E-state index in [2.05, 4.69) is 19.9 Å². The fourth-order valence-corrected chi connectivity index (χ4v) is 1.96. The van der Waals surface area contributed by atoms with Crippen molar-refractivity contribution in [3.05, 3.63) is 59.7 Å². The molecule has 16 heavy (non-hydrogen) atoms. The van der Waals surface area contributed by atoms with E-state index in [-0.39, 0.29) is 11.2 Å². The molecule has 0 spiro atoms. The van der Waals surface area contributed by atoms with E-state index in [1.165, 1.54) is 0 Å². The van der Waals surface area contributed by atoms with Gasteiger partial charge in [-0.05, 0) is 11.8 Å². The van der Waals surface area contributed by atoms with Crippen LogP contribution < -0.4 is 0 Å². The van der Waals surface area contributed by atoms with E-state index < -0.39 is 0 Å². The van der Waals surface area contributed by atoms with Gasteiger partial charge in [0.25, 0.3) is 0 Å². The first-order valence-electron chi connectivity index (χ1n) is 5.57. The van der Waals surface area contributed by atoms with Crippen LogP contribution in [-0.4, -0.2) is 5.78 Å². The van der Waals surface area contributed by atoms with Crippen molar-refractivity contribution in [3.63, 3.8) is 0 Å². The molecule has 82 valence electrons. The predicted octanol–water partition coefficient (Wildman–Crippen LogP) is 3.78. The highest BCUT2D eigenvalue weighted by molar-refractivity contribution is 6.09. The number of rotatable bonds is 2. The summed E-state index contributed by atoms with van der Waals surface area (Å²) in [4.78, 5) is 12.2. The second-order valence-corrected chi connectivity index (χ2v) is 4.91. The summed E-state index contributed by atoms with van der Waals surface area (Å²) >= 11 is 0. The third kappa shape index (κ3) is 2.30. The molecular formula is C15H16O. The van der Waals surface area contributed by atoms with Crippen LogP contribution >= 0.6 is 0 Å². The lowest BCUT2D eigenvalue weighted by Gasteiger charge is -2.24. The molecule has 0 atom stereocenters. The van der Waals surface area contributed by atoms with Crippen LogP contribution in [0.4, 0.5) is 0 Å². The van der Waals surface area contributed by atoms with Crippen molar-refractivity contribution in [1.82, 2.24) is 0 Å². The number of carbonyl (C=O) groups excluding carboxylic acids is 1. The minimum Gasteiger partial charge on any atom is -0.289 e. The molecule has 0 bridgehead atoms. The van der Waals surface area contributed by atoms with Crippen LogP contribution in [0.25, 0.3) is 0 Å². The average molecular weight is 212 g/mol. The van der Waals surface area contributed by atoms with Gasteiger partial charge in [-0.25, -0.2) is 0 Å². The first-order chi connectivity index (χ1) is 7.58. The van der Waals surface area contributed by atoms with E-state index in [0.717, 1.165) is 17.6 Å². The van der Waals surface area contributed by atoms with Gasteiger partial charge in [0.1, 0.15) is 0 Å². The maximum atomic E-state index is 12.2. The number of hydrogen-bond donors (Lipinski definition) is 0. The standard InChI is InChI=1S/C15H16O/c1-15(2)10-6-9-13(11-15)14(16)12-7-4-3-5-8-12/h3-10H,11H2,1-2H3. The van der Waals surface area contributed by atoms with Gasteiger partial charge in [0.2, 0.25) is 0 Å². The molecule has 1 aliphatic rings. The molecular weight excluding hydrogens is 196 g/mol. The molecule has 1 aliphatic carbocycles. The number of hydrogen-bond acceptors (Lipinski definition) is 1. The van der Waals surface area contributed by atoms with Crippen molar-refractivity contribution in [2.75, 3.05) is 0 Å². The molecule has 2 rings (SSSR count). The van der Waals surface area contributed by atoms with Gasteiger partial charge in [-0.2, -0.15) is 0 Å². The Balaban J connectivity index is 2.25. The van der Waals surface area contributed by atoms with Crippen LogP contribution in [-0.2, 0) is 0 Å². The van der Waals surface area contributed by atoms with Crippen LogP contribution in [0, 0.1) is 5.41 Å². The van der Waals surface area contributed by atoms with E-state index in [1.54, 1.807) is 0 Å². The molecule has 0 fully saturated rings. The Kier molecular flexibility index (Phi) is 2.78. The molecule has 0 saturated heterocycles. The molecule has 0 saturated carbocycles. The highest BCUT2D eigenvalue weighted by Crippen LogP contribution is 2.31. The van der Waals surface area contributed by atoms with Gasteiger partial charge in [0.05, 0.1) is 0 Å². The SMILES string of the molecule is CC1(C)C=CC=C(C(=O)c2ccccc2)C1. The van der Waals surface area contributed by atoms with Crippen molar-refractivity contribution >= 4 is 5.78 Å². The summed E-state index contributed by atoms with van der Waals surface area (Å²) in [6.45, 7) is 4.30. The quantitative estimate of drug-likeness (QED) is 0.682. The molecule has 0 amide bonds. The molecule has 0 aliphatic heterocycles. The van der Waals surface area contributed by atoms with Gasteiger partial charge in [-0.1, -0.05) is 62.4 Å². The van der Waals surface area contributed by atoms with Gasteiger partial charge in [0.15, 0.2) is 5.78 Å². The first-order valence-corrected chi connectivity index (χ1v) is 5.57. The van der Waals surface area contributed by atoms with Crippen molar-refractivity contribution in [2.45, 2.75) is 20.3 Å². The van der Waals surface area contributed by atoms with Crippen molar-refractivity contribution in [2.24, 2.45) is 5.41 Å². The summed E-state index contributed by atoms with van der Waals surface area (Å²) in [5.41, 5.74) is 1.77. The van der Waals surface area contributed by atoms with Crippen LogP contribution in [0.5, 0.6) is 0 Å².